The lowest BCUT2D eigenvalue weighted by Gasteiger charge is -2.10. The van der Waals surface area contributed by atoms with Crippen molar-refractivity contribution < 1.29 is 0 Å². The Kier molecular flexibility index (Phi) is 3.50. The van der Waals surface area contributed by atoms with E-state index in [4.69, 9.17) is 0 Å². The standard InChI is InChI=1S/C15H17N5/c1-2-19-10-6-13(12-19)11-17-14-5-3-7-16-15(14)20-9-4-8-18-20/h3-10,12,17H,2,11H2,1H3. The van der Waals surface area contributed by atoms with Crippen molar-refractivity contribution in [2.45, 2.75) is 20.0 Å². The summed E-state index contributed by atoms with van der Waals surface area (Å²) in [6.07, 6.45) is 9.66. The lowest BCUT2D eigenvalue weighted by Crippen LogP contribution is -2.06. The highest BCUT2D eigenvalue weighted by Crippen LogP contribution is 2.17. The molecule has 0 aliphatic heterocycles. The van der Waals surface area contributed by atoms with Crippen molar-refractivity contribution in [2.24, 2.45) is 0 Å². The van der Waals surface area contributed by atoms with Crippen LogP contribution in [0.2, 0.25) is 0 Å². The number of pyridine rings is 1. The molecule has 0 atom stereocenters. The number of hydrogen-bond acceptors (Lipinski definition) is 3. The van der Waals surface area contributed by atoms with Crippen LogP contribution in [0.1, 0.15) is 12.5 Å². The highest BCUT2D eigenvalue weighted by atomic mass is 15.3. The number of rotatable bonds is 5. The Labute approximate surface area is 117 Å². The van der Waals surface area contributed by atoms with E-state index in [9.17, 15) is 0 Å². The first-order valence-corrected chi connectivity index (χ1v) is 6.70. The van der Waals surface area contributed by atoms with Crippen LogP contribution in [-0.2, 0) is 13.1 Å². The summed E-state index contributed by atoms with van der Waals surface area (Å²) in [6, 6.07) is 7.95. The summed E-state index contributed by atoms with van der Waals surface area (Å²) in [4.78, 5) is 4.39. The molecule has 5 nitrogen and oxygen atoms in total. The van der Waals surface area contributed by atoms with Gasteiger partial charge >= 0.3 is 0 Å². The molecule has 0 unspecified atom stereocenters. The number of nitrogens with zero attached hydrogens (tertiary/aromatic N) is 4. The number of nitrogens with one attached hydrogen (secondary N) is 1. The SMILES string of the molecule is CCn1ccc(CNc2cccnc2-n2cccn2)c1. The first-order valence-electron chi connectivity index (χ1n) is 6.70. The summed E-state index contributed by atoms with van der Waals surface area (Å²) < 4.78 is 3.92. The molecule has 5 heteroatoms. The number of hydrogen-bond donors (Lipinski definition) is 1. The van der Waals surface area contributed by atoms with Gasteiger partial charge in [0.05, 0.1) is 5.69 Å². The summed E-state index contributed by atoms with van der Waals surface area (Å²) in [7, 11) is 0. The number of anilines is 1. The molecule has 1 N–H and O–H groups in total. The minimum atomic E-state index is 0.771. The molecular formula is C15H17N5. The topological polar surface area (TPSA) is 47.7 Å². The monoisotopic (exact) mass is 267 g/mol. The zero-order valence-corrected chi connectivity index (χ0v) is 11.4. The first kappa shape index (κ1) is 12.5. The van der Waals surface area contributed by atoms with Crippen LogP contribution in [0.4, 0.5) is 5.69 Å². The molecular weight excluding hydrogens is 250 g/mol. The van der Waals surface area contributed by atoms with Crippen LogP contribution in [0.25, 0.3) is 5.82 Å². The van der Waals surface area contributed by atoms with E-state index in [2.05, 4.69) is 45.4 Å². The average Bonchev–Trinajstić information content (AvgIpc) is 3.17. The molecule has 0 aliphatic carbocycles. The van der Waals surface area contributed by atoms with E-state index < -0.39 is 0 Å². The number of aromatic nitrogens is 4. The highest BCUT2D eigenvalue weighted by Gasteiger charge is 2.05. The zero-order valence-electron chi connectivity index (χ0n) is 11.4. The second-order valence-corrected chi connectivity index (χ2v) is 4.53. The minimum Gasteiger partial charge on any atom is -0.378 e. The Morgan fingerprint density at radius 3 is 2.85 bits per heavy atom. The molecule has 0 saturated carbocycles. The number of aryl methyl sites for hydroxylation is 1. The maximum atomic E-state index is 4.39. The predicted octanol–water partition coefficient (Wildman–Crippen LogP) is 2.70. The first-order chi connectivity index (χ1) is 9.86. The molecule has 0 amide bonds. The second-order valence-electron chi connectivity index (χ2n) is 4.53. The van der Waals surface area contributed by atoms with Gasteiger partial charge in [0, 0.05) is 44.1 Å². The molecule has 3 rings (SSSR count). The minimum absolute atomic E-state index is 0.771. The van der Waals surface area contributed by atoms with Crippen LogP contribution in [-0.4, -0.2) is 19.3 Å². The molecule has 3 heterocycles. The summed E-state index contributed by atoms with van der Waals surface area (Å²) in [5.74, 6) is 0.812. The van der Waals surface area contributed by atoms with E-state index in [1.807, 2.05) is 24.4 Å². The Balaban J connectivity index is 1.77. The molecule has 3 aromatic heterocycles. The van der Waals surface area contributed by atoms with Crippen LogP contribution < -0.4 is 5.32 Å². The van der Waals surface area contributed by atoms with Crippen LogP contribution in [0.15, 0.2) is 55.2 Å². The van der Waals surface area contributed by atoms with Crippen molar-refractivity contribution in [3.63, 3.8) is 0 Å². The fraction of sp³-hybridized carbons (Fsp3) is 0.200. The van der Waals surface area contributed by atoms with Crippen molar-refractivity contribution in [3.05, 3.63) is 60.8 Å². The zero-order chi connectivity index (χ0) is 13.8. The van der Waals surface area contributed by atoms with Gasteiger partial charge in [-0.1, -0.05) is 0 Å². The largest absolute Gasteiger partial charge is 0.378 e. The van der Waals surface area contributed by atoms with Crippen LogP contribution >= 0.6 is 0 Å². The maximum absolute atomic E-state index is 4.39. The summed E-state index contributed by atoms with van der Waals surface area (Å²) in [5.41, 5.74) is 2.22. The third-order valence-electron chi connectivity index (χ3n) is 3.17. The summed E-state index contributed by atoms with van der Waals surface area (Å²) in [6.45, 7) is 3.90. The van der Waals surface area contributed by atoms with Crippen molar-refractivity contribution in [1.29, 1.82) is 0 Å². The molecule has 102 valence electrons. The highest BCUT2D eigenvalue weighted by molar-refractivity contribution is 5.56. The fourth-order valence-electron chi connectivity index (χ4n) is 2.10. The van der Waals surface area contributed by atoms with E-state index in [0.29, 0.717) is 0 Å². The average molecular weight is 267 g/mol. The van der Waals surface area contributed by atoms with Crippen molar-refractivity contribution >= 4 is 5.69 Å². The van der Waals surface area contributed by atoms with Gasteiger partial charge in [0.2, 0.25) is 0 Å². The van der Waals surface area contributed by atoms with Gasteiger partial charge in [-0.05, 0) is 36.8 Å². The molecule has 0 bridgehead atoms. The molecule has 0 radical (unpaired) electrons. The second kappa shape index (κ2) is 5.61. The van der Waals surface area contributed by atoms with Crippen molar-refractivity contribution in [2.75, 3.05) is 5.32 Å². The van der Waals surface area contributed by atoms with Gasteiger partial charge in [-0.15, -0.1) is 0 Å². The Hall–Kier alpha value is -2.56. The lowest BCUT2D eigenvalue weighted by atomic mass is 10.3. The normalized spacial score (nSPS) is 10.7. The van der Waals surface area contributed by atoms with E-state index in [-0.39, 0.29) is 0 Å². The van der Waals surface area contributed by atoms with Crippen molar-refractivity contribution in [1.82, 2.24) is 19.3 Å². The van der Waals surface area contributed by atoms with E-state index in [1.54, 1.807) is 17.1 Å². The Morgan fingerprint density at radius 1 is 1.15 bits per heavy atom. The molecule has 3 aromatic rings. The quantitative estimate of drug-likeness (QED) is 0.773. The summed E-state index contributed by atoms with van der Waals surface area (Å²) >= 11 is 0. The lowest BCUT2D eigenvalue weighted by molar-refractivity contribution is 0.766. The molecule has 0 spiro atoms. The molecule has 20 heavy (non-hydrogen) atoms. The fourth-order valence-corrected chi connectivity index (χ4v) is 2.10. The van der Waals surface area contributed by atoms with Crippen molar-refractivity contribution in [3.8, 4) is 5.82 Å². The summed E-state index contributed by atoms with van der Waals surface area (Å²) in [5, 5.41) is 7.65. The molecule has 0 aromatic carbocycles. The van der Waals surface area contributed by atoms with Gasteiger partial charge in [0.1, 0.15) is 0 Å². The maximum Gasteiger partial charge on any atom is 0.176 e. The van der Waals surface area contributed by atoms with Gasteiger partial charge < -0.3 is 9.88 Å². The van der Waals surface area contributed by atoms with Gasteiger partial charge in [-0.3, -0.25) is 0 Å². The van der Waals surface area contributed by atoms with Gasteiger partial charge in [0.15, 0.2) is 5.82 Å². The van der Waals surface area contributed by atoms with Crippen LogP contribution in [0, 0.1) is 0 Å². The molecule has 0 fully saturated rings. The van der Waals surface area contributed by atoms with E-state index in [1.165, 1.54) is 5.56 Å². The Bertz CT molecular complexity index is 669. The smallest absolute Gasteiger partial charge is 0.176 e. The van der Waals surface area contributed by atoms with Gasteiger partial charge in [0.25, 0.3) is 0 Å². The van der Waals surface area contributed by atoms with Gasteiger partial charge in [-0.25, -0.2) is 9.67 Å². The molecule has 0 aliphatic rings. The van der Waals surface area contributed by atoms with Crippen LogP contribution in [0.3, 0.4) is 0 Å². The van der Waals surface area contributed by atoms with E-state index in [0.717, 1.165) is 24.6 Å². The van der Waals surface area contributed by atoms with Gasteiger partial charge in [-0.2, -0.15) is 5.10 Å². The Morgan fingerprint density at radius 2 is 2.10 bits per heavy atom. The third-order valence-corrected chi connectivity index (χ3v) is 3.17. The molecule has 0 saturated heterocycles. The van der Waals surface area contributed by atoms with E-state index >= 15 is 0 Å². The predicted molar refractivity (Wildman–Crippen MR) is 78.8 cm³/mol. The third kappa shape index (κ3) is 2.56. The van der Waals surface area contributed by atoms with Crippen LogP contribution in [0.5, 0.6) is 0 Å².